The highest BCUT2D eigenvalue weighted by atomic mass is 19.4. The maximum Gasteiger partial charge on any atom is 0.511 e. The summed E-state index contributed by atoms with van der Waals surface area (Å²) in [5.41, 5.74) is -7.79. The molecule has 0 saturated heterocycles. The fraction of sp³-hybridized carbons (Fsp3) is 0.385. The molecule has 1 atom stereocenters. The van der Waals surface area contributed by atoms with Gasteiger partial charge in [-0.3, -0.25) is 0 Å². The monoisotopic (exact) mass is 419 g/mol. The summed E-state index contributed by atoms with van der Waals surface area (Å²) in [6, 6.07) is 0. The van der Waals surface area contributed by atoms with Gasteiger partial charge in [0.2, 0.25) is 6.10 Å². The average molecular weight is 419 g/mol. The minimum atomic E-state index is -5.65. The predicted octanol–water partition coefficient (Wildman–Crippen LogP) is 4.97. The molecule has 150 valence electrons. The maximum atomic E-state index is 12.8. The fourth-order valence-electron chi connectivity index (χ4n) is 2.04. The van der Waals surface area contributed by atoms with Gasteiger partial charge in [-0.25, -0.2) is 4.42 Å². The first kappa shape index (κ1) is 20.9. The Labute approximate surface area is 140 Å². The summed E-state index contributed by atoms with van der Waals surface area (Å²) in [4.78, 5) is 0. The number of alkyl halides is 12. The number of halogens is 12. The Morgan fingerprint density at radius 1 is 0.778 bits per heavy atom. The molecule has 2 aliphatic rings. The molecular formula is C13H3F12O2+. The summed E-state index contributed by atoms with van der Waals surface area (Å²) in [5, 5.41) is 0. The van der Waals surface area contributed by atoms with Crippen LogP contribution < -0.4 is 0 Å². The lowest BCUT2D eigenvalue weighted by molar-refractivity contribution is -0.382. The number of rotatable bonds is 0. The standard InChI is InChI=1S/C13H3F12O2/c14-10(15,16)6-2-26-8(12(20,21)22)4(6)1-5-7(11(17,18)19)3-27-9(5)13(23,24)25/h2-3,8H/q+1. The summed E-state index contributed by atoms with van der Waals surface area (Å²) in [6.45, 7) is 0. The zero-order valence-corrected chi connectivity index (χ0v) is 12.1. The van der Waals surface area contributed by atoms with Gasteiger partial charge in [0.05, 0.1) is 11.8 Å². The van der Waals surface area contributed by atoms with Gasteiger partial charge >= 0.3 is 36.8 Å². The number of hydrogen-bond donors (Lipinski definition) is 0. The average Bonchev–Trinajstić information content (AvgIpc) is 2.99. The Hall–Kier alpha value is -2.37. The molecule has 0 saturated carbocycles. The van der Waals surface area contributed by atoms with Gasteiger partial charge in [0.15, 0.2) is 5.57 Å². The Bertz CT molecular complexity index is 759. The van der Waals surface area contributed by atoms with E-state index < -0.39 is 71.4 Å². The molecule has 2 nitrogen and oxygen atoms in total. The van der Waals surface area contributed by atoms with Gasteiger partial charge in [-0.05, 0) is 0 Å². The lowest BCUT2D eigenvalue weighted by atomic mass is 9.98. The third kappa shape index (κ3) is 4.15. The molecule has 2 heterocycles. The summed E-state index contributed by atoms with van der Waals surface area (Å²) in [7, 11) is 0. The van der Waals surface area contributed by atoms with E-state index in [0.717, 1.165) is 5.73 Å². The van der Waals surface area contributed by atoms with Crippen LogP contribution in [0.15, 0.2) is 40.5 Å². The van der Waals surface area contributed by atoms with E-state index in [1.54, 1.807) is 0 Å². The second-order valence-corrected chi connectivity index (χ2v) is 4.97. The van der Waals surface area contributed by atoms with Gasteiger partial charge in [-0.2, -0.15) is 52.7 Å². The highest BCUT2D eigenvalue weighted by molar-refractivity contribution is 6.05. The molecule has 0 aromatic heterocycles. The van der Waals surface area contributed by atoms with Crippen LogP contribution in [0.1, 0.15) is 0 Å². The molecule has 0 aliphatic carbocycles. The quantitative estimate of drug-likeness (QED) is 0.235. The number of carbonyl (C=O) groups excluding carboxylic acids is 1. The van der Waals surface area contributed by atoms with Gasteiger partial charge in [0.1, 0.15) is 11.1 Å². The van der Waals surface area contributed by atoms with Crippen molar-refractivity contribution in [3.63, 3.8) is 0 Å². The summed E-state index contributed by atoms with van der Waals surface area (Å²) < 4.78 is 161. The molecule has 0 aromatic carbocycles. The van der Waals surface area contributed by atoms with Gasteiger partial charge in [-0.1, -0.05) is 5.73 Å². The molecule has 0 amide bonds. The first-order valence-corrected chi connectivity index (χ1v) is 6.33. The SMILES string of the molecule is FC(F)(F)C1=C[O+]=C(C(F)(F)F)C1=C=C1C(C(F)(F)F)=COC1C(F)(F)F. The molecule has 0 radical (unpaired) electrons. The lowest BCUT2D eigenvalue weighted by Crippen LogP contribution is -2.32. The van der Waals surface area contributed by atoms with Crippen LogP contribution in [0.25, 0.3) is 0 Å². The minimum absolute atomic E-state index is 0.457. The molecule has 0 spiro atoms. The molecule has 0 bridgehead atoms. The topological polar surface area (TPSA) is 20.5 Å². The Kier molecular flexibility index (Phi) is 4.71. The Morgan fingerprint density at radius 3 is 1.70 bits per heavy atom. The molecule has 0 N–H and O–H groups in total. The molecule has 0 aromatic rings. The van der Waals surface area contributed by atoms with Crippen molar-refractivity contribution in [1.29, 1.82) is 0 Å². The zero-order valence-electron chi connectivity index (χ0n) is 12.1. The van der Waals surface area contributed by atoms with E-state index >= 15 is 0 Å². The first-order valence-electron chi connectivity index (χ1n) is 6.33. The second-order valence-electron chi connectivity index (χ2n) is 4.97. The first-order chi connectivity index (χ1) is 11.9. The van der Waals surface area contributed by atoms with E-state index in [1.165, 1.54) is 0 Å². The number of hydrogen-bond acceptors (Lipinski definition) is 1. The third-order valence-corrected chi connectivity index (χ3v) is 3.09. The molecule has 14 heteroatoms. The molecule has 2 rings (SSSR count). The van der Waals surface area contributed by atoms with E-state index in [0.29, 0.717) is 0 Å². The minimum Gasteiger partial charge on any atom is -0.482 e. The summed E-state index contributed by atoms with van der Waals surface area (Å²) >= 11 is 0. The number of ether oxygens (including phenoxy) is 1. The second kappa shape index (κ2) is 6.08. The number of allylic oxidation sites excluding steroid dienone is 1. The number of ketones is 1. The normalized spacial score (nSPS) is 21.6. The van der Waals surface area contributed by atoms with Crippen LogP contribution in [0, 0.1) is 0 Å². The highest BCUT2D eigenvalue weighted by Crippen LogP contribution is 2.44. The summed E-state index contributed by atoms with van der Waals surface area (Å²) in [6.07, 6.45) is -26.8. The van der Waals surface area contributed by atoms with Crippen LogP contribution in [0.4, 0.5) is 52.7 Å². The third-order valence-electron chi connectivity index (χ3n) is 3.09. The molecule has 2 aliphatic heterocycles. The van der Waals surface area contributed by atoms with Gasteiger partial charge in [0, 0.05) is 0 Å². The van der Waals surface area contributed by atoms with Crippen molar-refractivity contribution in [2.24, 2.45) is 0 Å². The fourth-order valence-corrected chi connectivity index (χ4v) is 2.04. The Balaban J connectivity index is 2.81. The van der Waals surface area contributed by atoms with Gasteiger partial charge < -0.3 is 4.74 Å². The van der Waals surface area contributed by atoms with Crippen molar-refractivity contribution < 1.29 is 61.8 Å². The molecule has 27 heavy (non-hydrogen) atoms. The summed E-state index contributed by atoms with van der Waals surface area (Å²) in [5.74, 6) is -2.46. The van der Waals surface area contributed by atoms with Crippen molar-refractivity contribution in [3.8, 4) is 0 Å². The Morgan fingerprint density at radius 2 is 1.30 bits per heavy atom. The van der Waals surface area contributed by atoms with E-state index in [9.17, 15) is 52.7 Å². The largest absolute Gasteiger partial charge is 0.511 e. The predicted molar refractivity (Wildman–Crippen MR) is 60.8 cm³/mol. The van der Waals surface area contributed by atoms with Crippen LogP contribution in [0.3, 0.4) is 0 Å². The molecule has 0 fully saturated rings. The van der Waals surface area contributed by atoms with Crippen molar-refractivity contribution in [2.75, 3.05) is 0 Å². The highest BCUT2D eigenvalue weighted by Gasteiger charge is 2.59. The van der Waals surface area contributed by atoms with E-state index in [4.69, 9.17) is 0 Å². The van der Waals surface area contributed by atoms with Crippen molar-refractivity contribution in [3.05, 3.63) is 40.5 Å². The van der Waals surface area contributed by atoms with Crippen LogP contribution in [-0.2, 0) is 9.16 Å². The van der Waals surface area contributed by atoms with Crippen molar-refractivity contribution >= 4 is 5.78 Å². The van der Waals surface area contributed by atoms with E-state index in [1.807, 2.05) is 0 Å². The smallest absolute Gasteiger partial charge is 0.482 e. The van der Waals surface area contributed by atoms with Gasteiger partial charge in [0.25, 0.3) is 0 Å². The van der Waals surface area contributed by atoms with E-state index in [-0.39, 0.29) is 0 Å². The van der Waals surface area contributed by atoms with Crippen LogP contribution in [0.5, 0.6) is 0 Å². The van der Waals surface area contributed by atoms with Crippen LogP contribution in [0.2, 0.25) is 0 Å². The van der Waals surface area contributed by atoms with Crippen molar-refractivity contribution in [2.45, 2.75) is 30.8 Å². The maximum absolute atomic E-state index is 12.8. The molecular weight excluding hydrogens is 416 g/mol. The van der Waals surface area contributed by atoms with Crippen molar-refractivity contribution in [1.82, 2.24) is 0 Å². The zero-order chi connectivity index (χ0) is 21.0. The lowest BCUT2D eigenvalue weighted by Gasteiger charge is -2.16. The van der Waals surface area contributed by atoms with E-state index in [2.05, 4.69) is 9.16 Å². The van der Waals surface area contributed by atoms with Crippen LogP contribution in [-0.4, -0.2) is 36.6 Å². The van der Waals surface area contributed by atoms with Gasteiger partial charge in [-0.15, -0.1) is 0 Å². The van der Waals surface area contributed by atoms with Crippen LogP contribution >= 0.6 is 0 Å². The molecule has 1 unspecified atom stereocenters.